The fourth-order valence-electron chi connectivity index (χ4n) is 2.56. The molecule has 1 amide bonds. The first-order valence-corrected chi connectivity index (χ1v) is 8.59. The number of aliphatic hydroxyl groups is 1. The predicted molar refractivity (Wildman–Crippen MR) is 102 cm³/mol. The first-order valence-electron chi connectivity index (χ1n) is 8.22. The molecule has 0 aliphatic rings. The molecule has 0 aliphatic carbocycles. The minimum atomic E-state index is -1.11. The van der Waals surface area contributed by atoms with Gasteiger partial charge in [-0.1, -0.05) is 17.7 Å². The summed E-state index contributed by atoms with van der Waals surface area (Å²) in [5.74, 6) is 0.0671. The number of hydrogen-bond acceptors (Lipinski definition) is 4. The number of nitrogens with zero attached hydrogens (tertiary/aromatic N) is 1. The van der Waals surface area contributed by atoms with Crippen LogP contribution in [-0.2, 0) is 4.79 Å². The Balaban J connectivity index is 1.62. The van der Waals surface area contributed by atoms with Crippen molar-refractivity contribution in [3.63, 3.8) is 0 Å². The zero-order chi connectivity index (χ0) is 19.4. The molecule has 0 saturated heterocycles. The van der Waals surface area contributed by atoms with Crippen molar-refractivity contribution in [2.24, 2.45) is 0 Å². The highest BCUT2D eigenvalue weighted by atomic mass is 35.5. The lowest BCUT2D eigenvalue weighted by molar-refractivity contribution is -0.120. The zero-order valence-corrected chi connectivity index (χ0v) is 15.3. The van der Waals surface area contributed by atoms with E-state index in [1.54, 1.807) is 37.4 Å². The van der Waals surface area contributed by atoms with Gasteiger partial charge in [0.15, 0.2) is 6.23 Å². The molecule has 1 aromatic heterocycles. The van der Waals surface area contributed by atoms with Crippen LogP contribution in [0.5, 0.6) is 0 Å². The van der Waals surface area contributed by atoms with E-state index >= 15 is 0 Å². The van der Waals surface area contributed by atoms with Gasteiger partial charge in [0.05, 0.1) is 6.54 Å². The lowest BCUT2D eigenvalue weighted by atomic mass is 10.2. The molecule has 0 spiro atoms. The lowest BCUT2D eigenvalue weighted by Gasteiger charge is -2.21. The van der Waals surface area contributed by atoms with Gasteiger partial charge in [0, 0.05) is 16.3 Å². The van der Waals surface area contributed by atoms with Crippen LogP contribution < -0.4 is 5.32 Å². The number of rotatable bonds is 6. The summed E-state index contributed by atoms with van der Waals surface area (Å²) in [5.41, 5.74) is 1.18. The highest BCUT2D eigenvalue weighted by molar-refractivity contribution is 6.30. The number of hydrogen-bond donors (Lipinski definition) is 2. The fraction of sp³-hybridized carbons (Fsp3) is 0.150. The summed E-state index contributed by atoms with van der Waals surface area (Å²) in [6.45, 7) is -0.103. The first kappa shape index (κ1) is 19.1. The largest absolute Gasteiger partial charge is 0.457 e. The van der Waals surface area contributed by atoms with Crippen molar-refractivity contribution in [3.05, 3.63) is 77.3 Å². The highest BCUT2D eigenvalue weighted by Crippen LogP contribution is 2.27. The molecule has 1 atom stereocenters. The number of likely N-dealkylation sites (N-methyl/N-ethyl adjacent to an activating group) is 1. The molecule has 1 heterocycles. The van der Waals surface area contributed by atoms with Crippen LogP contribution >= 0.6 is 11.6 Å². The van der Waals surface area contributed by atoms with Crippen LogP contribution in [0.1, 0.15) is 12.0 Å². The molecule has 3 aromatic rings. The molecular weight excluding hydrogens is 371 g/mol. The molecular formula is C20H18ClFN2O3. The van der Waals surface area contributed by atoms with Gasteiger partial charge in [-0.05, 0) is 61.6 Å². The quantitative estimate of drug-likeness (QED) is 0.618. The molecule has 0 aliphatic heterocycles. The van der Waals surface area contributed by atoms with Gasteiger partial charge in [-0.3, -0.25) is 9.69 Å². The summed E-state index contributed by atoms with van der Waals surface area (Å²) >= 11 is 5.88. The minimum Gasteiger partial charge on any atom is -0.457 e. The van der Waals surface area contributed by atoms with Crippen molar-refractivity contribution >= 4 is 23.2 Å². The van der Waals surface area contributed by atoms with Crippen molar-refractivity contribution in [1.29, 1.82) is 0 Å². The summed E-state index contributed by atoms with van der Waals surface area (Å²) in [7, 11) is 1.58. The number of amides is 1. The number of furan rings is 1. The standard InChI is InChI=1S/C20H18ClFN2O3/c1-24(12-19(25)23-16-4-2-3-15(22)11-16)20(26)18-10-9-17(27-18)13-5-7-14(21)8-6-13/h2-11,20,26H,12H2,1H3,(H,23,25). The maximum atomic E-state index is 13.2. The number of anilines is 1. The van der Waals surface area contributed by atoms with Gasteiger partial charge in [-0.2, -0.15) is 0 Å². The molecule has 3 rings (SSSR count). The predicted octanol–water partition coefficient (Wildman–Crippen LogP) is 4.30. The summed E-state index contributed by atoms with van der Waals surface area (Å²) in [5, 5.41) is 13.6. The summed E-state index contributed by atoms with van der Waals surface area (Å²) in [4.78, 5) is 13.5. The monoisotopic (exact) mass is 388 g/mol. The highest BCUT2D eigenvalue weighted by Gasteiger charge is 2.20. The fourth-order valence-corrected chi connectivity index (χ4v) is 2.68. The molecule has 0 radical (unpaired) electrons. The Labute approximate surface area is 161 Å². The zero-order valence-electron chi connectivity index (χ0n) is 14.5. The normalized spacial score (nSPS) is 12.2. The molecule has 7 heteroatoms. The van der Waals surface area contributed by atoms with Crippen LogP contribution in [0, 0.1) is 5.82 Å². The average Bonchev–Trinajstić information content (AvgIpc) is 3.11. The number of carbonyl (C=O) groups excluding carboxylic acids is 1. The number of benzene rings is 2. The number of aliphatic hydroxyl groups excluding tert-OH is 1. The van der Waals surface area contributed by atoms with Crippen molar-refractivity contribution in [2.45, 2.75) is 6.23 Å². The third-order valence-electron chi connectivity index (χ3n) is 3.93. The second-order valence-corrected chi connectivity index (χ2v) is 6.49. The smallest absolute Gasteiger partial charge is 0.238 e. The number of nitrogens with one attached hydrogen (secondary N) is 1. The van der Waals surface area contributed by atoms with E-state index in [2.05, 4.69) is 5.32 Å². The van der Waals surface area contributed by atoms with E-state index in [1.807, 2.05) is 12.1 Å². The SMILES string of the molecule is CN(CC(=O)Nc1cccc(F)c1)C(O)c1ccc(-c2ccc(Cl)cc2)o1. The summed E-state index contributed by atoms with van der Waals surface area (Å²) in [6.07, 6.45) is -1.11. The van der Waals surface area contributed by atoms with Gasteiger partial charge in [-0.25, -0.2) is 4.39 Å². The van der Waals surface area contributed by atoms with E-state index in [0.29, 0.717) is 22.2 Å². The van der Waals surface area contributed by atoms with E-state index < -0.39 is 12.0 Å². The Kier molecular flexibility index (Phi) is 5.91. The summed E-state index contributed by atoms with van der Waals surface area (Å²) < 4.78 is 18.9. The molecule has 140 valence electrons. The molecule has 0 fully saturated rings. The van der Waals surface area contributed by atoms with Crippen molar-refractivity contribution < 1.29 is 18.7 Å². The first-order chi connectivity index (χ1) is 12.9. The third kappa shape index (κ3) is 4.95. The van der Waals surface area contributed by atoms with E-state index in [4.69, 9.17) is 16.0 Å². The second-order valence-electron chi connectivity index (χ2n) is 6.06. The topological polar surface area (TPSA) is 65.7 Å². The second kappa shape index (κ2) is 8.35. The van der Waals surface area contributed by atoms with E-state index in [9.17, 15) is 14.3 Å². The maximum absolute atomic E-state index is 13.2. The molecule has 2 N–H and O–H groups in total. The average molecular weight is 389 g/mol. The Bertz CT molecular complexity index is 927. The van der Waals surface area contributed by atoms with Gasteiger partial charge >= 0.3 is 0 Å². The maximum Gasteiger partial charge on any atom is 0.238 e. The van der Waals surface area contributed by atoms with Crippen molar-refractivity contribution in [2.75, 3.05) is 18.9 Å². The molecule has 0 saturated carbocycles. The van der Waals surface area contributed by atoms with E-state index in [-0.39, 0.29) is 12.5 Å². The minimum absolute atomic E-state index is 0.103. The third-order valence-corrected chi connectivity index (χ3v) is 4.18. The van der Waals surface area contributed by atoms with E-state index in [0.717, 1.165) is 5.56 Å². The molecule has 1 unspecified atom stereocenters. The molecule has 2 aromatic carbocycles. The van der Waals surface area contributed by atoms with Crippen molar-refractivity contribution in [1.82, 2.24) is 4.90 Å². The van der Waals surface area contributed by atoms with Gasteiger partial charge in [0.2, 0.25) is 5.91 Å². The van der Waals surface area contributed by atoms with Crippen LogP contribution in [0.4, 0.5) is 10.1 Å². The summed E-state index contributed by atoms with van der Waals surface area (Å²) in [6, 6.07) is 16.1. The van der Waals surface area contributed by atoms with E-state index in [1.165, 1.54) is 23.1 Å². The Hall–Kier alpha value is -2.67. The van der Waals surface area contributed by atoms with Gasteiger partial charge in [0.25, 0.3) is 0 Å². The van der Waals surface area contributed by atoms with Gasteiger partial charge < -0.3 is 14.8 Å². The van der Waals surface area contributed by atoms with Gasteiger partial charge in [-0.15, -0.1) is 0 Å². The Morgan fingerprint density at radius 2 is 1.96 bits per heavy atom. The van der Waals surface area contributed by atoms with Crippen LogP contribution in [-0.4, -0.2) is 29.5 Å². The van der Waals surface area contributed by atoms with Crippen LogP contribution in [0.3, 0.4) is 0 Å². The lowest BCUT2D eigenvalue weighted by Crippen LogP contribution is -2.33. The molecule has 0 bridgehead atoms. The number of halogens is 2. The van der Waals surface area contributed by atoms with Crippen LogP contribution in [0.15, 0.2) is 65.1 Å². The van der Waals surface area contributed by atoms with Gasteiger partial charge in [0.1, 0.15) is 17.3 Å². The molecule has 27 heavy (non-hydrogen) atoms. The van der Waals surface area contributed by atoms with Crippen molar-refractivity contribution in [3.8, 4) is 11.3 Å². The Morgan fingerprint density at radius 3 is 2.67 bits per heavy atom. The molecule has 5 nitrogen and oxygen atoms in total. The van der Waals surface area contributed by atoms with Crippen LogP contribution in [0.2, 0.25) is 5.02 Å². The Morgan fingerprint density at radius 1 is 1.22 bits per heavy atom. The van der Waals surface area contributed by atoms with Crippen LogP contribution in [0.25, 0.3) is 11.3 Å². The number of carbonyl (C=O) groups is 1.